The lowest BCUT2D eigenvalue weighted by Gasteiger charge is -2.07. The molecule has 104 valence electrons. The molecule has 0 aliphatic rings. The number of non-ortho nitro benzene ring substituents is 1. The predicted molar refractivity (Wildman–Crippen MR) is 77.7 cm³/mol. The van der Waals surface area contributed by atoms with Gasteiger partial charge in [0, 0.05) is 29.7 Å². The molecule has 2 rings (SSSR count). The number of nitrogens with one attached hydrogen (secondary N) is 1. The minimum atomic E-state index is -0.417. The number of nitro groups is 1. The van der Waals surface area contributed by atoms with Crippen molar-refractivity contribution in [1.82, 2.24) is 5.32 Å². The molecule has 0 saturated heterocycles. The van der Waals surface area contributed by atoms with E-state index in [0.29, 0.717) is 17.6 Å². The zero-order valence-electron chi connectivity index (χ0n) is 10.5. The molecule has 6 heteroatoms. The van der Waals surface area contributed by atoms with E-state index in [0.717, 1.165) is 11.1 Å². The van der Waals surface area contributed by atoms with E-state index in [2.05, 4.69) is 21.2 Å². The second kappa shape index (κ2) is 6.58. The molecule has 20 heavy (non-hydrogen) atoms. The van der Waals surface area contributed by atoms with Crippen LogP contribution in [0, 0.1) is 15.9 Å². The van der Waals surface area contributed by atoms with Crippen LogP contribution in [0.1, 0.15) is 11.1 Å². The minimum absolute atomic E-state index is 0.0762. The van der Waals surface area contributed by atoms with Gasteiger partial charge in [-0.2, -0.15) is 0 Å². The van der Waals surface area contributed by atoms with Gasteiger partial charge in [0.25, 0.3) is 5.69 Å². The number of hydrogen-bond donors (Lipinski definition) is 1. The molecule has 2 aromatic rings. The van der Waals surface area contributed by atoms with Gasteiger partial charge in [0.1, 0.15) is 5.82 Å². The Hall–Kier alpha value is -1.79. The average molecular weight is 339 g/mol. The SMILES string of the molecule is O=[N+]([O-])c1cccc(CNCc2ccc(F)cc2Br)c1. The van der Waals surface area contributed by atoms with Gasteiger partial charge in [-0.1, -0.05) is 34.1 Å². The highest BCUT2D eigenvalue weighted by atomic mass is 79.9. The van der Waals surface area contributed by atoms with Gasteiger partial charge >= 0.3 is 0 Å². The van der Waals surface area contributed by atoms with Crippen molar-refractivity contribution >= 4 is 21.6 Å². The minimum Gasteiger partial charge on any atom is -0.309 e. The van der Waals surface area contributed by atoms with Crippen molar-refractivity contribution in [3.63, 3.8) is 0 Å². The van der Waals surface area contributed by atoms with Crippen molar-refractivity contribution in [3.05, 3.63) is 74.0 Å². The lowest BCUT2D eigenvalue weighted by atomic mass is 10.2. The zero-order chi connectivity index (χ0) is 14.5. The summed E-state index contributed by atoms with van der Waals surface area (Å²) in [6.07, 6.45) is 0. The number of benzene rings is 2. The molecule has 0 radical (unpaired) electrons. The summed E-state index contributed by atoms with van der Waals surface area (Å²) in [7, 11) is 0. The highest BCUT2D eigenvalue weighted by molar-refractivity contribution is 9.10. The summed E-state index contributed by atoms with van der Waals surface area (Å²) in [5.74, 6) is -0.292. The van der Waals surface area contributed by atoms with Crippen LogP contribution >= 0.6 is 15.9 Å². The van der Waals surface area contributed by atoms with E-state index in [1.807, 2.05) is 6.07 Å². The van der Waals surface area contributed by atoms with Crippen LogP contribution in [0.5, 0.6) is 0 Å². The first-order valence-corrected chi connectivity index (χ1v) is 6.73. The number of nitro benzene ring substituents is 1. The van der Waals surface area contributed by atoms with E-state index in [1.165, 1.54) is 24.3 Å². The standard InChI is InChI=1S/C14H12BrFN2O2/c15-14-7-12(16)5-4-11(14)9-17-8-10-2-1-3-13(6-10)18(19)20/h1-7,17H,8-9H2. The molecule has 0 aliphatic carbocycles. The third kappa shape index (κ3) is 3.85. The maximum Gasteiger partial charge on any atom is 0.269 e. The predicted octanol–water partition coefficient (Wildman–Crippen LogP) is 3.79. The van der Waals surface area contributed by atoms with Crippen LogP contribution in [0.15, 0.2) is 46.9 Å². The fourth-order valence-electron chi connectivity index (χ4n) is 1.79. The maximum atomic E-state index is 12.9. The Morgan fingerprint density at radius 3 is 2.70 bits per heavy atom. The van der Waals surface area contributed by atoms with Gasteiger partial charge in [0.2, 0.25) is 0 Å². The van der Waals surface area contributed by atoms with Gasteiger partial charge in [-0.25, -0.2) is 4.39 Å². The van der Waals surface area contributed by atoms with Gasteiger partial charge in [0.15, 0.2) is 0 Å². The van der Waals surface area contributed by atoms with Crippen LogP contribution in [0.4, 0.5) is 10.1 Å². The summed E-state index contributed by atoms with van der Waals surface area (Å²) >= 11 is 3.29. The Morgan fingerprint density at radius 1 is 1.20 bits per heavy atom. The van der Waals surface area contributed by atoms with E-state index in [4.69, 9.17) is 0 Å². The van der Waals surface area contributed by atoms with Crippen molar-refractivity contribution in [2.75, 3.05) is 0 Å². The first-order valence-electron chi connectivity index (χ1n) is 5.94. The van der Waals surface area contributed by atoms with E-state index < -0.39 is 4.92 Å². The molecule has 0 bridgehead atoms. The molecule has 2 aromatic carbocycles. The average Bonchev–Trinajstić information content (AvgIpc) is 2.41. The van der Waals surface area contributed by atoms with E-state index in [1.54, 1.807) is 12.1 Å². The monoisotopic (exact) mass is 338 g/mol. The topological polar surface area (TPSA) is 55.2 Å². The van der Waals surface area contributed by atoms with Crippen molar-refractivity contribution in [2.45, 2.75) is 13.1 Å². The van der Waals surface area contributed by atoms with Crippen molar-refractivity contribution < 1.29 is 9.31 Å². The van der Waals surface area contributed by atoms with Gasteiger partial charge in [0.05, 0.1) is 4.92 Å². The van der Waals surface area contributed by atoms with Crippen LogP contribution in [0.3, 0.4) is 0 Å². The van der Waals surface area contributed by atoms with Crippen molar-refractivity contribution in [3.8, 4) is 0 Å². The third-order valence-corrected chi connectivity index (χ3v) is 3.52. The number of rotatable bonds is 5. The van der Waals surface area contributed by atoms with Crippen LogP contribution in [0.2, 0.25) is 0 Å². The van der Waals surface area contributed by atoms with Crippen LogP contribution in [-0.2, 0) is 13.1 Å². The molecule has 0 aliphatic heterocycles. The van der Waals surface area contributed by atoms with E-state index in [-0.39, 0.29) is 11.5 Å². The Kier molecular flexibility index (Phi) is 4.81. The van der Waals surface area contributed by atoms with Crippen LogP contribution in [0.25, 0.3) is 0 Å². The van der Waals surface area contributed by atoms with Crippen molar-refractivity contribution in [1.29, 1.82) is 0 Å². The summed E-state index contributed by atoms with van der Waals surface area (Å²) in [5, 5.41) is 13.8. The maximum absolute atomic E-state index is 12.9. The number of nitrogens with zero attached hydrogens (tertiary/aromatic N) is 1. The molecule has 0 fully saturated rings. The Bertz CT molecular complexity index is 634. The molecule has 0 atom stereocenters. The molecule has 4 nitrogen and oxygen atoms in total. The Balaban J connectivity index is 1.96. The second-order valence-corrected chi connectivity index (χ2v) is 5.12. The first-order chi connectivity index (χ1) is 9.56. The Morgan fingerprint density at radius 2 is 2.00 bits per heavy atom. The number of hydrogen-bond acceptors (Lipinski definition) is 3. The largest absolute Gasteiger partial charge is 0.309 e. The molecule has 0 unspecified atom stereocenters. The van der Waals surface area contributed by atoms with Gasteiger partial charge in [-0.3, -0.25) is 10.1 Å². The van der Waals surface area contributed by atoms with Gasteiger partial charge in [-0.05, 0) is 23.3 Å². The highest BCUT2D eigenvalue weighted by Gasteiger charge is 2.06. The molecule has 0 aromatic heterocycles. The summed E-state index contributed by atoms with van der Waals surface area (Å²) in [5.41, 5.74) is 1.83. The molecule has 0 spiro atoms. The molecular formula is C14H12BrFN2O2. The normalized spacial score (nSPS) is 10.5. The zero-order valence-corrected chi connectivity index (χ0v) is 12.1. The second-order valence-electron chi connectivity index (χ2n) is 4.27. The summed E-state index contributed by atoms with van der Waals surface area (Å²) < 4.78 is 13.6. The summed E-state index contributed by atoms with van der Waals surface area (Å²) in [4.78, 5) is 10.3. The van der Waals surface area contributed by atoms with Gasteiger partial charge in [-0.15, -0.1) is 0 Å². The fourth-order valence-corrected chi connectivity index (χ4v) is 2.28. The molecule has 0 saturated carbocycles. The lowest BCUT2D eigenvalue weighted by Crippen LogP contribution is -2.13. The van der Waals surface area contributed by atoms with Crippen LogP contribution in [-0.4, -0.2) is 4.92 Å². The third-order valence-electron chi connectivity index (χ3n) is 2.78. The lowest BCUT2D eigenvalue weighted by molar-refractivity contribution is -0.384. The molecule has 1 N–H and O–H groups in total. The van der Waals surface area contributed by atoms with Crippen molar-refractivity contribution in [2.24, 2.45) is 0 Å². The molecule has 0 amide bonds. The highest BCUT2D eigenvalue weighted by Crippen LogP contribution is 2.18. The van der Waals surface area contributed by atoms with E-state index in [9.17, 15) is 14.5 Å². The quantitative estimate of drug-likeness (QED) is 0.666. The molecule has 0 heterocycles. The van der Waals surface area contributed by atoms with Gasteiger partial charge < -0.3 is 5.32 Å². The number of halogens is 2. The van der Waals surface area contributed by atoms with Crippen LogP contribution < -0.4 is 5.32 Å². The summed E-state index contributed by atoms with van der Waals surface area (Å²) in [6.45, 7) is 1.05. The summed E-state index contributed by atoms with van der Waals surface area (Å²) in [6, 6.07) is 11.0. The molecular weight excluding hydrogens is 327 g/mol. The first kappa shape index (κ1) is 14.6. The Labute approximate surface area is 123 Å². The smallest absolute Gasteiger partial charge is 0.269 e. The fraction of sp³-hybridized carbons (Fsp3) is 0.143. The van der Waals surface area contributed by atoms with E-state index >= 15 is 0 Å².